The van der Waals surface area contributed by atoms with E-state index in [1.165, 1.54) is 0 Å². The van der Waals surface area contributed by atoms with Gasteiger partial charge in [-0.25, -0.2) is 0 Å². The first-order valence-electron chi connectivity index (χ1n) is 5.08. The Balaban J connectivity index is 2.31. The normalized spacial score (nSPS) is 38.6. The lowest BCUT2D eigenvalue weighted by atomic mass is 9.97. The Labute approximate surface area is 84.2 Å². The van der Waals surface area contributed by atoms with Gasteiger partial charge in [0, 0.05) is 19.2 Å². The summed E-state index contributed by atoms with van der Waals surface area (Å²) in [5.41, 5.74) is 5.32. The van der Waals surface area contributed by atoms with Crippen LogP contribution in [0.1, 0.15) is 13.3 Å². The molecule has 0 bridgehead atoms. The first-order chi connectivity index (χ1) is 6.66. The number of hydrogen-bond donors (Lipinski definition) is 4. The number of nitrogens with two attached hydrogens (primary N) is 1. The lowest BCUT2D eigenvalue weighted by molar-refractivity contribution is -0.117. The summed E-state index contributed by atoms with van der Waals surface area (Å²) in [4.78, 5) is 0. The monoisotopic (exact) mass is 204 g/mol. The van der Waals surface area contributed by atoms with Crippen LogP contribution in [0.5, 0.6) is 0 Å². The van der Waals surface area contributed by atoms with Crippen molar-refractivity contribution in [2.75, 3.05) is 19.7 Å². The summed E-state index contributed by atoms with van der Waals surface area (Å²) >= 11 is 0. The van der Waals surface area contributed by atoms with Gasteiger partial charge in [0.15, 0.2) is 0 Å². The fourth-order valence-corrected chi connectivity index (χ4v) is 1.53. The second-order valence-corrected chi connectivity index (χ2v) is 3.73. The van der Waals surface area contributed by atoms with E-state index in [2.05, 4.69) is 5.32 Å². The summed E-state index contributed by atoms with van der Waals surface area (Å²) in [6, 6.07) is -0.0839. The molecule has 5 heteroatoms. The Kier molecular flexibility index (Phi) is 4.77. The third-order valence-corrected chi connectivity index (χ3v) is 2.56. The van der Waals surface area contributed by atoms with E-state index in [9.17, 15) is 10.2 Å². The predicted molar refractivity (Wildman–Crippen MR) is 52.9 cm³/mol. The minimum atomic E-state index is -0.802. The highest BCUT2D eigenvalue weighted by Gasteiger charge is 2.35. The van der Waals surface area contributed by atoms with Gasteiger partial charge < -0.3 is 26.0 Å². The van der Waals surface area contributed by atoms with E-state index < -0.39 is 12.2 Å². The maximum Gasteiger partial charge on any atom is 0.109 e. The summed E-state index contributed by atoms with van der Waals surface area (Å²) in [5, 5.41) is 22.3. The van der Waals surface area contributed by atoms with Crippen LogP contribution >= 0.6 is 0 Å². The van der Waals surface area contributed by atoms with Crippen molar-refractivity contribution in [2.24, 2.45) is 5.73 Å². The minimum Gasteiger partial charge on any atom is -0.389 e. The van der Waals surface area contributed by atoms with Crippen molar-refractivity contribution in [3.05, 3.63) is 0 Å². The Hall–Kier alpha value is -0.200. The number of piperidine rings is 1. The fraction of sp³-hybridized carbons (Fsp3) is 1.00. The molecule has 1 saturated heterocycles. The van der Waals surface area contributed by atoms with Crippen LogP contribution in [0.4, 0.5) is 0 Å². The molecule has 0 spiro atoms. The number of aliphatic hydroxyl groups excluding tert-OH is 2. The number of rotatable bonds is 4. The molecule has 0 unspecified atom stereocenters. The minimum absolute atomic E-state index is 0.0839. The zero-order valence-electron chi connectivity index (χ0n) is 8.52. The van der Waals surface area contributed by atoms with E-state index in [-0.39, 0.29) is 12.1 Å². The maximum atomic E-state index is 9.66. The van der Waals surface area contributed by atoms with Crippen molar-refractivity contribution in [1.82, 2.24) is 5.32 Å². The van der Waals surface area contributed by atoms with Gasteiger partial charge >= 0.3 is 0 Å². The molecule has 1 aliphatic rings. The number of aliphatic hydroxyl groups is 2. The van der Waals surface area contributed by atoms with Crippen LogP contribution in [0.15, 0.2) is 0 Å². The van der Waals surface area contributed by atoms with Crippen LogP contribution in [0.3, 0.4) is 0 Å². The molecule has 5 N–H and O–H groups in total. The van der Waals surface area contributed by atoms with Crippen molar-refractivity contribution in [3.8, 4) is 0 Å². The fourth-order valence-electron chi connectivity index (χ4n) is 1.53. The predicted octanol–water partition coefficient (Wildman–Crippen LogP) is -1.57. The second-order valence-electron chi connectivity index (χ2n) is 3.73. The zero-order valence-corrected chi connectivity index (χ0v) is 8.52. The molecule has 0 radical (unpaired) electrons. The van der Waals surface area contributed by atoms with E-state index >= 15 is 0 Å². The van der Waals surface area contributed by atoms with Crippen LogP contribution < -0.4 is 11.1 Å². The summed E-state index contributed by atoms with van der Waals surface area (Å²) in [6.07, 6.45) is -1.11. The highest BCUT2D eigenvalue weighted by atomic mass is 16.5. The van der Waals surface area contributed by atoms with Gasteiger partial charge in [-0.3, -0.25) is 0 Å². The quantitative estimate of drug-likeness (QED) is 0.416. The first kappa shape index (κ1) is 11.9. The molecule has 1 fully saturated rings. The van der Waals surface area contributed by atoms with Crippen LogP contribution in [0.2, 0.25) is 0 Å². The second kappa shape index (κ2) is 5.63. The Bertz CT molecular complexity index is 168. The third kappa shape index (κ3) is 2.90. The summed E-state index contributed by atoms with van der Waals surface area (Å²) in [6.45, 7) is 3.52. The summed E-state index contributed by atoms with van der Waals surface area (Å²) in [7, 11) is 0. The number of nitrogens with one attached hydrogen (secondary N) is 1. The van der Waals surface area contributed by atoms with Crippen molar-refractivity contribution in [1.29, 1.82) is 0 Å². The molecule has 84 valence electrons. The lowest BCUT2D eigenvalue weighted by Crippen LogP contribution is -2.59. The molecular formula is C9H20N2O3. The zero-order chi connectivity index (χ0) is 10.6. The van der Waals surface area contributed by atoms with Gasteiger partial charge in [-0.1, -0.05) is 0 Å². The van der Waals surface area contributed by atoms with E-state index in [1.807, 2.05) is 6.92 Å². The van der Waals surface area contributed by atoms with Gasteiger partial charge in [-0.05, 0) is 19.9 Å². The number of ether oxygens (including phenoxy) is 1. The van der Waals surface area contributed by atoms with Gasteiger partial charge in [0.1, 0.15) is 6.10 Å². The number of hydrogen-bond acceptors (Lipinski definition) is 5. The molecule has 14 heavy (non-hydrogen) atoms. The van der Waals surface area contributed by atoms with Gasteiger partial charge in [-0.15, -0.1) is 0 Å². The van der Waals surface area contributed by atoms with Crippen molar-refractivity contribution in [2.45, 2.75) is 37.7 Å². The smallest absolute Gasteiger partial charge is 0.109 e. The van der Waals surface area contributed by atoms with Gasteiger partial charge in [0.25, 0.3) is 0 Å². The molecule has 0 aromatic rings. The average Bonchev–Trinajstić information content (AvgIpc) is 2.18. The van der Waals surface area contributed by atoms with Crippen LogP contribution in [0.25, 0.3) is 0 Å². The molecule has 0 aromatic carbocycles. The summed E-state index contributed by atoms with van der Waals surface area (Å²) < 4.78 is 5.40. The topological polar surface area (TPSA) is 87.7 Å². The van der Waals surface area contributed by atoms with E-state index in [4.69, 9.17) is 10.5 Å². The molecule has 5 nitrogen and oxygen atoms in total. The van der Waals surface area contributed by atoms with Gasteiger partial charge in [0.05, 0.1) is 12.2 Å². The lowest BCUT2D eigenvalue weighted by Gasteiger charge is -2.36. The maximum absolute atomic E-state index is 9.66. The molecule has 1 aliphatic heterocycles. The highest BCUT2D eigenvalue weighted by molar-refractivity contribution is 4.90. The molecule has 0 aromatic heterocycles. The molecule has 1 heterocycles. The standard InChI is InChI=1S/C9H20N2O3/c1-6-8(12)9(13)7(5-11-6)14-4-2-3-10/h6-9,11-13H,2-5,10H2,1H3/t6-,7+,8+,9-/m0/s1. The van der Waals surface area contributed by atoms with Crippen LogP contribution in [-0.4, -0.2) is 54.3 Å². The SMILES string of the molecule is C[C@@H]1NC[C@@H](OCCCN)[C@H](O)[C@@H]1O. The largest absolute Gasteiger partial charge is 0.389 e. The van der Waals surface area contributed by atoms with Crippen molar-refractivity contribution < 1.29 is 14.9 Å². The van der Waals surface area contributed by atoms with Crippen LogP contribution in [-0.2, 0) is 4.74 Å². The van der Waals surface area contributed by atoms with Crippen LogP contribution in [0, 0.1) is 0 Å². The molecule has 0 amide bonds. The Morgan fingerprint density at radius 2 is 2.14 bits per heavy atom. The van der Waals surface area contributed by atoms with E-state index in [0.29, 0.717) is 19.7 Å². The van der Waals surface area contributed by atoms with Crippen molar-refractivity contribution >= 4 is 0 Å². The molecule has 0 aliphatic carbocycles. The Morgan fingerprint density at radius 1 is 1.43 bits per heavy atom. The molecular weight excluding hydrogens is 184 g/mol. The Morgan fingerprint density at radius 3 is 2.79 bits per heavy atom. The average molecular weight is 204 g/mol. The highest BCUT2D eigenvalue weighted by Crippen LogP contribution is 2.13. The molecule has 0 saturated carbocycles. The van der Waals surface area contributed by atoms with E-state index in [0.717, 1.165) is 6.42 Å². The summed E-state index contributed by atoms with van der Waals surface area (Å²) in [5.74, 6) is 0. The van der Waals surface area contributed by atoms with E-state index in [1.54, 1.807) is 0 Å². The van der Waals surface area contributed by atoms with Gasteiger partial charge in [-0.2, -0.15) is 0 Å². The van der Waals surface area contributed by atoms with Crippen molar-refractivity contribution in [3.63, 3.8) is 0 Å². The van der Waals surface area contributed by atoms with Gasteiger partial charge in [0.2, 0.25) is 0 Å². The third-order valence-electron chi connectivity index (χ3n) is 2.56. The molecule has 1 rings (SSSR count). The molecule has 4 atom stereocenters. The first-order valence-corrected chi connectivity index (χ1v) is 5.08.